The van der Waals surface area contributed by atoms with Crippen molar-refractivity contribution in [1.82, 2.24) is 10.6 Å². The van der Waals surface area contributed by atoms with E-state index in [0.717, 1.165) is 17.7 Å². The number of hydrogen-bond donors (Lipinski definition) is 3. The summed E-state index contributed by atoms with van der Waals surface area (Å²) in [6.07, 6.45) is 0.699. The molecule has 0 aliphatic rings. The molecule has 0 heterocycles. The molecular weight excluding hydrogens is 494 g/mol. The van der Waals surface area contributed by atoms with Gasteiger partial charge in [0.15, 0.2) is 5.96 Å². The molecule has 0 unspecified atom stereocenters. The third-order valence-corrected chi connectivity index (χ3v) is 4.87. The minimum Gasteiger partial charge on any atom is -0.357 e. The zero-order valence-electron chi connectivity index (χ0n) is 15.9. The molecule has 4 N–H and O–H groups in total. The van der Waals surface area contributed by atoms with Gasteiger partial charge in [0, 0.05) is 13.1 Å². The Bertz CT molecular complexity index is 903. The number of benzene rings is 2. The van der Waals surface area contributed by atoms with Crippen molar-refractivity contribution in [3.05, 3.63) is 65.0 Å². The molecule has 2 aromatic rings. The fourth-order valence-corrected chi connectivity index (χ4v) is 3.00. The molecule has 154 valence electrons. The summed E-state index contributed by atoms with van der Waals surface area (Å²) >= 11 is 0. The van der Waals surface area contributed by atoms with Crippen LogP contribution in [0.4, 0.5) is 4.39 Å². The number of nitrogens with one attached hydrogen (secondary N) is 2. The second kappa shape index (κ2) is 11.3. The molecule has 9 heteroatoms. The lowest BCUT2D eigenvalue weighted by molar-refractivity contribution is 0.597. The van der Waals surface area contributed by atoms with Gasteiger partial charge in [-0.25, -0.2) is 22.9 Å². The van der Waals surface area contributed by atoms with Gasteiger partial charge in [0.05, 0.1) is 11.4 Å². The fourth-order valence-electron chi connectivity index (χ4n) is 2.49. The van der Waals surface area contributed by atoms with E-state index >= 15 is 0 Å². The van der Waals surface area contributed by atoms with Crippen molar-refractivity contribution in [1.29, 1.82) is 0 Å². The monoisotopic (exact) mass is 520 g/mol. The van der Waals surface area contributed by atoms with Crippen LogP contribution in [0.5, 0.6) is 0 Å². The van der Waals surface area contributed by atoms with E-state index in [1.807, 2.05) is 6.92 Å². The fraction of sp³-hybridized carbons (Fsp3) is 0.316. The van der Waals surface area contributed by atoms with Crippen molar-refractivity contribution in [2.45, 2.75) is 31.7 Å². The molecule has 0 spiro atoms. The maximum absolute atomic E-state index is 13.3. The topological polar surface area (TPSA) is 96.6 Å². The van der Waals surface area contributed by atoms with Gasteiger partial charge >= 0.3 is 0 Å². The SMILES string of the molecule is CCNC(=NCc1ccc(F)c(C)c1)NCCc1ccc(S(N)(=O)=O)cc1.I. The van der Waals surface area contributed by atoms with Crippen LogP contribution in [-0.2, 0) is 23.0 Å². The van der Waals surface area contributed by atoms with Crippen LogP contribution in [0.25, 0.3) is 0 Å². The molecule has 0 saturated carbocycles. The predicted octanol–water partition coefficient (Wildman–Crippen LogP) is 2.70. The first-order valence-corrected chi connectivity index (χ1v) is 10.2. The number of halogens is 2. The zero-order valence-corrected chi connectivity index (χ0v) is 19.1. The molecular formula is C19H26FIN4O2S. The van der Waals surface area contributed by atoms with Gasteiger partial charge in [0.1, 0.15) is 5.82 Å². The van der Waals surface area contributed by atoms with Crippen molar-refractivity contribution < 1.29 is 12.8 Å². The number of nitrogens with zero attached hydrogens (tertiary/aromatic N) is 1. The molecule has 0 aliphatic carbocycles. The van der Waals surface area contributed by atoms with E-state index in [0.29, 0.717) is 31.0 Å². The number of aliphatic imine (C=N–C) groups is 1. The normalized spacial score (nSPS) is 11.6. The van der Waals surface area contributed by atoms with E-state index in [2.05, 4.69) is 15.6 Å². The Morgan fingerprint density at radius 3 is 2.32 bits per heavy atom. The van der Waals surface area contributed by atoms with E-state index in [1.54, 1.807) is 31.2 Å². The standard InChI is InChI=1S/C19H25FN4O2S.HI/c1-3-22-19(24-13-16-6-9-18(20)14(2)12-16)23-11-10-15-4-7-17(8-5-15)27(21,25)26;/h4-9,12H,3,10-11,13H2,1-2H3,(H2,21,25,26)(H2,22,23,24);1H. The summed E-state index contributed by atoms with van der Waals surface area (Å²) in [5.74, 6) is 0.446. The molecule has 28 heavy (non-hydrogen) atoms. The molecule has 0 atom stereocenters. The molecule has 0 aromatic heterocycles. The van der Waals surface area contributed by atoms with Gasteiger partial charge in [-0.2, -0.15) is 0 Å². The Kier molecular flexibility index (Phi) is 9.83. The first-order valence-electron chi connectivity index (χ1n) is 8.68. The van der Waals surface area contributed by atoms with Gasteiger partial charge in [-0.05, 0) is 55.2 Å². The highest BCUT2D eigenvalue weighted by atomic mass is 127. The zero-order chi connectivity index (χ0) is 19.9. The maximum Gasteiger partial charge on any atom is 0.238 e. The number of sulfonamides is 1. The molecule has 2 aromatic carbocycles. The minimum atomic E-state index is -3.67. The minimum absolute atomic E-state index is 0. The highest BCUT2D eigenvalue weighted by Crippen LogP contribution is 2.10. The van der Waals surface area contributed by atoms with Crippen LogP contribution in [0, 0.1) is 12.7 Å². The number of aryl methyl sites for hydroxylation is 1. The van der Waals surface area contributed by atoms with Crippen LogP contribution in [0.3, 0.4) is 0 Å². The van der Waals surface area contributed by atoms with Crippen molar-refractivity contribution in [3.63, 3.8) is 0 Å². The second-order valence-electron chi connectivity index (χ2n) is 6.14. The second-order valence-corrected chi connectivity index (χ2v) is 7.71. The molecule has 0 bridgehead atoms. The van der Waals surface area contributed by atoms with E-state index in [9.17, 15) is 12.8 Å². The summed E-state index contributed by atoms with van der Waals surface area (Å²) in [6, 6.07) is 11.4. The van der Waals surface area contributed by atoms with Gasteiger partial charge in [0.2, 0.25) is 10.0 Å². The Morgan fingerprint density at radius 1 is 1.11 bits per heavy atom. The largest absolute Gasteiger partial charge is 0.357 e. The van der Waals surface area contributed by atoms with Crippen LogP contribution in [0.15, 0.2) is 52.4 Å². The van der Waals surface area contributed by atoms with Crippen molar-refractivity contribution >= 4 is 40.0 Å². The van der Waals surface area contributed by atoms with Crippen molar-refractivity contribution in [2.75, 3.05) is 13.1 Å². The quantitative estimate of drug-likeness (QED) is 0.297. The Labute approximate surface area is 182 Å². The summed E-state index contributed by atoms with van der Waals surface area (Å²) in [5, 5.41) is 11.5. The Morgan fingerprint density at radius 2 is 1.75 bits per heavy atom. The van der Waals surface area contributed by atoms with Gasteiger partial charge < -0.3 is 10.6 Å². The number of rotatable bonds is 7. The summed E-state index contributed by atoms with van der Waals surface area (Å²) in [5.41, 5.74) is 2.52. The summed E-state index contributed by atoms with van der Waals surface area (Å²) in [6.45, 7) is 5.50. The van der Waals surface area contributed by atoms with E-state index in [1.165, 1.54) is 18.2 Å². The summed E-state index contributed by atoms with van der Waals surface area (Å²) < 4.78 is 35.9. The number of guanidine groups is 1. The summed E-state index contributed by atoms with van der Waals surface area (Å²) in [4.78, 5) is 4.61. The predicted molar refractivity (Wildman–Crippen MR) is 121 cm³/mol. The molecule has 6 nitrogen and oxygen atoms in total. The number of nitrogens with two attached hydrogens (primary N) is 1. The van der Waals surface area contributed by atoms with Gasteiger partial charge in [-0.3, -0.25) is 0 Å². The van der Waals surface area contributed by atoms with Crippen LogP contribution in [0.2, 0.25) is 0 Å². The first-order chi connectivity index (χ1) is 12.8. The lowest BCUT2D eigenvalue weighted by Crippen LogP contribution is -2.38. The van der Waals surface area contributed by atoms with E-state index < -0.39 is 10.0 Å². The number of primary sulfonamides is 1. The average molecular weight is 520 g/mol. The lowest BCUT2D eigenvalue weighted by Gasteiger charge is -2.11. The molecule has 2 rings (SSSR count). The Balaban J connectivity index is 0.00000392. The highest BCUT2D eigenvalue weighted by molar-refractivity contribution is 14.0. The average Bonchev–Trinajstić information content (AvgIpc) is 2.62. The molecule has 0 radical (unpaired) electrons. The van der Waals surface area contributed by atoms with Crippen LogP contribution in [0.1, 0.15) is 23.6 Å². The van der Waals surface area contributed by atoms with Gasteiger partial charge in [-0.15, -0.1) is 24.0 Å². The van der Waals surface area contributed by atoms with Crippen LogP contribution in [-0.4, -0.2) is 27.5 Å². The first kappa shape index (κ1) is 24.3. The molecule has 0 amide bonds. The van der Waals surface area contributed by atoms with E-state index in [-0.39, 0.29) is 34.7 Å². The third-order valence-electron chi connectivity index (χ3n) is 3.94. The maximum atomic E-state index is 13.3. The Hall–Kier alpha value is -1.72. The third kappa shape index (κ3) is 7.72. The van der Waals surface area contributed by atoms with Crippen molar-refractivity contribution in [3.8, 4) is 0 Å². The number of hydrogen-bond acceptors (Lipinski definition) is 3. The van der Waals surface area contributed by atoms with E-state index in [4.69, 9.17) is 5.14 Å². The lowest BCUT2D eigenvalue weighted by atomic mass is 10.1. The molecule has 0 aliphatic heterocycles. The smallest absolute Gasteiger partial charge is 0.238 e. The van der Waals surface area contributed by atoms with Crippen molar-refractivity contribution in [2.24, 2.45) is 10.1 Å². The van der Waals surface area contributed by atoms with Crippen LogP contribution >= 0.6 is 24.0 Å². The van der Waals surface area contributed by atoms with Crippen LogP contribution < -0.4 is 15.8 Å². The molecule has 0 fully saturated rings. The van der Waals surface area contributed by atoms with Gasteiger partial charge in [0.25, 0.3) is 0 Å². The highest BCUT2D eigenvalue weighted by Gasteiger charge is 2.06. The molecule has 0 saturated heterocycles. The summed E-state index contributed by atoms with van der Waals surface area (Å²) in [7, 11) is -3.67. The van der Waals surface area contributed by atoms with Gasteiger partial charge in [-0.1, -0.05) is 24.3 Å².